The van der Waals surface area contributed by atoms with Crippen molar-refractivity contribution in [2.45, 2.75) is 26.3 Å². The van der Waals surface area contributed by atoms with Crippen molar-refractivity contribution in [3.63, 3.8) is 0 Å². The zero-order valence-corrected chi connectivity index (χ0v) is 16.9. The Labute approximate surface area is 169 Å². The molecule has 5 nitrogen and oxygen atoms in total. The van der Waals surface area contributed by atoms with Gasteiger partial charge in [-0.1, -0.05) is 37.0 Å². The summed E-state index contributed by atoms with van der Waals surface area (Å²) >= 11 is 12.0. The third-order valence-electron chi connectivity index (χ3n) is 3.86. The van der Waals surface area contributed by atoms with Crippen molar-refractivity contribution in [1.82, 2.24) is 5.32 Å². The average Bonchev–Trinajstić information content (AvgIpc) is 2.61. The number of rotatable bonds is 7. The molecule has 7 heteroatoms. The molecule has 144 valence electrons. The molecule has 0 aromatic heterocycles. The molecule has 0 saturated heterocycles. The number of hydrogen-bond acceptors (Lipinski definition) is 3. The number of anilines is 1. The van der Waals surface area contributed by atoms with Crippen molar-refractivity contribution in [3.05, 3.63) is 58.1 Å². The number of amides is 2. The Balaban J connectivity index is 2.13. The number of nitrogens with one attached hydrogen (secondary N) is 2. The van der Waals surface area contributed by atoms with Crippen LogP contribution in [-0.4, -0.2) is 25.0 Å². The van der Waals surface area contributed by atoms with Gasteiger partial charge >= 0.3 is 0 Å². The molecule has 2 aromatic rings. The van der Waals surface area contributed by atoms with Crippen molar-refractivity contribution in [2.75, 3.05) is 12.4 Å². The summed E-state index contributed by atoms with van der Waals surface area (Å²) in [6, 6.07) is 10.9. The first-order chi connectivity index (χ1) is 12.8. The molecule has 0 fully saturated rings. The Morgan fingerprint density at radius 2 is 1.74 bits per heavy atom. The lowest BCUT2D eigenvalue weighted by Gasteiger charge is -2.20. The Hall–Kier alpha value is -2.24. The molecule has 2 aromatic carbocycles. The Morgan fingerprint density at radius 3 is 2.30 bits per heavy atom. The van der Waals surface area contributed by atoms with Crippen LogP contribution in [0.5, 0.6) is 5.75 Å². The van der Waals surface area contributed by atoms with E-state index >= 15 is 0 Å². The van der Waals surface area contributed by atoms with Crippen LogP contribution in [0.1, 0.15) is 30.6 Å². The summed E-state index contributed by atoms with van der Waals surface area (Å²) < 4.78 is 5.10. The Kier molecular flexibility index (Phi) is 7.51. The summed E-state index contributed by atoms with van der Waals surface area (Å²) in [5.41, 5.74) is 0.889. The maximum absolute atomic E-state index is 12.7. The lowest BCUT2D eigenvalue weighted by Crippen LogP contribution is -2.44. The van der Waals surface area contributed by atoms with Crippen molar-refractivity contribution in [1.29, 1.82) is 0 Å². The van der Waals surface area contributed by atoms with Crippen molar-refractivity contribution in [2.24, 2.45) is 5.92 Å². The predicted octanol–water partition coefficient (Wildman–Crippen LogP) is 4.79. The molecular formula is C20H22Cl2N2O3. The van der Waals surface area contributed by atoms with E-state index < -0.39 is 11.9 Å². The second kappa shape index (κ2) is 9.62. The second-order valence-electron chi connectivity index (χ2n) is 6.50. The zero-order chi connectivity index (χ0) is 20.0. The van der Waals surface area contributed by atoms with Gasteiger partial charge in [0.05, 0.1) is 17.7 Å². The SMILES string of the molecule is COc1ccc(NC(=O)C(CC(C)C)NC(=O)c2ccc(Cl)cc2Cl)cc1. The molecule has 0 aliphatic heterocycles. The largest absolute Gasteiger partial charge is 0.497 e. The van der Waals surface area contributed by atoms with Gasteiger partial charge in [-0.2, -0.15) is 0 Å². The van der Waals surface area contributed by atoms with E-state index in [1.807, 2.05) is 13.8 Å². The molecule has 0 bridgehead atoms. The number of hydrogen-bond donors (Lipinski definition) is 2. The third-order valence-corrected chi connectivity index (χ3v) is 4.41. The summed E-state index contributed by atoms with van der Waals surface area (Å²) in [5.74, 6) is 0.175. The van der Waals surface area contributed by atoms with E-state index in [4.69, 9.17) is 27.9 Å². The predicted molar refractivity (Wildman–Crippen MR) is 109 cm³/mol. The monoisotopic (exact) mass is 408 g/mol. The highest BCUT2D eigenvalue weighted by atomic mass is 35.5. The number of methoxy groups -OCH3 is 1. The minimum Gasteiger partial charge on any atom is -0.497 e. The highest BCUT2D eigenvalue weighted by molar-refractivity contribution is 6.36. The first kappa shape index (κ1) is 21.1. The summed E-state index contributed by atoms with van der Waals surface area (Å²) in [5, 5.41) is 6.25. The smallest absolute Gasteiger partial charge is 0.253 e. The van der Waals surface area contributed by atoms with E-state index in [2.05, 4.69) is 10.6 Å². The summed E-state index contributed by atoms with van der Waals surface area (Å²) in [7, 11) is 1.57. The van der Waals surface area contributed by atoms with Crippen LogP contribution in [0.25, 0.3) is 0 Å². The standard InChI is InChI=1S/C20H22Cl2N2O3/c1-12(2)10-18(20(26)23-14-5-7-15(27-3)8-6-14)24-19(25)16-9-4-13(21)11-17(16)22/h4-9,11-12,18H,10H2,1-3H3,(H,23,26)(H,24,25). The molecule has 1 atom stereocenters. The quantitative estimate of drug-likeness (QED) is 0.691. The number of carbonyl (C=O) groups excluding carboxylic acids is 2. The molecule has 0 aliphatic rings. The summed E-state index contributed by atoms with van der Waals surface area (Å²) in [4.78, 5) is 25.3. The van der Waals surface area contributed by atoms with Gasteiger partial charge in [-0.25, -0.2) is 0 Å². The lowest BCUT2D eigenvalue weighted by molar-refractivity contribution is -0.118. The fourth-order valence-corrected chi connectivity index (χ4v) is 3.01. The van der Waals surface area contributed by atoms with Crippen LogP contribution in [0.15, 0.2) is 42.5 Å². The molecule has 27 heavy (non-hydrogen) atoms. The highest BCUT2D eigenvalue weighted by Crippen LogP contribution is 2.21. The Morgan fingerprint density at radius 1 is 1.07 bits per heavy atom. The molecule has 1 unspecified atom stereocenters. The molecule has 0 aliphatic carbocycles. The topological polar surface area (TPSA) is 67.4 Å². The van der Waals surface area contributed by atoms with Crippen molar-refractivity contribution >= 4 is 40.7 Å². The van der Waals surface area contributed by atoms with Crippen LogP contribution in [0.3, 0.4) is 0 Å². The van der Waals surface area contributed by atoms with Crippen LogP contribution in [0.4, 0.5) is 5.69 Å². The van der Waals surface area contributed by atoms with Gasteiger partial charge in [-0.15, -0.1) is 0 Å². The number of ether oxygens (including phenoxy) is 1. The Bertz CT molecular complexity index is 807. The second-order valence-corrected chi connectivity index (χ2v) is 7.34. The molecule has 0 heterocycles. The molecule has 0 radical (unpaired) electrons. The van der Waals surface area contributed by atoms with Gasteiger partial charge < -0.3 is 15.4 Å². The zero-order valence-electron chi connectivity index (χ0n) is 15.4. The first-order valence-corrected chi connectivity index (χ1v) is 9.26. The first-order valence-electron chi connectivity index (χ1n) is 8.51. The number of benzene rings is 2. The minimum atomic E-state index is -0.702. The van der Waals surface area contributed by atoms with E-state index in [9.17, 15) is 9.59 Å². The highest BCUT2D eigenvalue weighted by Gasteiger charge is 2.23. The molecule has 0 saturated carbocycles. The van der Waals surface area contributed by atoms with E-state index in [-0.39, 0.29) is 22.4 Å². The normalized spacial score (nSPS) is 11.8. The van der Waals surface area contributed by atoms with Gasteiger partial charge in [-0.3, -0.25) is 9.59 Å². The number of carbonyl (C=O) groups is 2. The molecular weight excluding hydrogens is 387 g/mol. The van der Waals surface area contributed by atoms with E-state index in [1.54, 1.807) is 37.4 Å². The van der Waals surface area contributed by atoms with Gasteiger partial charge in [-0.05, 0) is 54.8 Å². The maximum atomic E-state index is 12.7. The van der Waals surface area contributed by atoms with E-state index in [0.29, 0.717) is 22.9 Å². The van der Waals surface area contributed by atoms with Crippen LogP contribution < -0.4 is 15.4 Å². The van der Waals surface area contributed by atoms with E-state index in [1.165, 1.54) is 12.1 Å². The minimum absolute atomic E-state index is 0.206. The van der Waals surface area contributed by atoms with Gasteiger partial charge in [0.2, 0.25) is 5.91 Å². The summed E-state index contributed by atoms with van der Waals surface area (Å²) in [6.07, 6.45) is 0.485. The van der Waals surface area contributed by atoms with Crippen LogP contribution in [0, 0.1) is 5.92 Å². The fraction of sp³-hybridized carbons (Fsp3) is 0.300. The van der Waals surface area contributed by atoms with Crippen LogP contribution in [0.2, 0.25) is 10.0 Å². The number of halogens is 2. The third kappa shape index (κ3) is 6.15. The van der Waals surface area contributed by atoms with Crippen molar-refractivity contribution < 1.29 is 14.3 Å². The average molecular weight is 409 g/mol. The molecule has 2 rings (SSSR count). The van der Waals surface area contributed by atoms with Gasteiger partial charge in [0.25, 0.3) is 5.91 Å². The van der Waals surface area contributed by atoms with E-state index in [0.717, 1.165) is 0 Å². The maximum Gasteiger partial charge on any atom is 0.253 e. The molecule has 2 N–H and O–H groups in total. The molecule has 2 amide bonds. The van der Waals surface area contributed by atoms with Crippen LogP contribution in [-0.2, 0) is 4.79 Å². The fourth-order valence-electron chi connectivity index (χ4n) is 2.52. The van der Waals surface area contributed by atoms with Gasteiger partial charge in [0, 0.05) is 10.7 Å². The lowest BCUT2D eigenvalue weighted by atomic mass is 10.0. The van der Waals surface area contributed by atoms with Gasteiger partial charge in [0.15, 0.2) is 0 Å². The van der Waals surface area contributed by atoms with Gasteiger partial charge in [0.1, 0.15) is 11.8 Å². The van der Waals surface area contributed by atoms with Crippen LogP contribution >= 0.6 is 23.2 Å². The van der Waals surface area contributed by atoms with Crippen molar-refractivity contribution in [3.8, 4) is 5.75 Å². The summed E-state index contributed by atoms with van der Waals surface area (Å²) in [6.45, 7) is 3.96. The molecule has 0 spiro atoms.